The Morgan fingerprint density at radius 1 is 1.20 bits per heavy atom. The van der Waals surface area contributed by atoms with Gasteiger partial charge in [0, 0.05) is 12.1 Å². The van der Waals surface area contributed by atoms with Crippen LogP contribution in [0.4, 0.5) is 0 Å². The molecule has 0 radical (unpaired) electrons. The van der Waals surface area contributed by atoms with Crippen molar-refractivity contribution in [3.8, 4) is 0 Å². The monoisotopic (exact) mass is 275 g/mol. The molecule has 0 heterocycles. The van der Waals surface area contributed by atoms with Gasteiger partial charge in [0.05, 0.1) is 5.76 Å². The molecule has 1 aromatic rings. The predicted octanol–water partition coefficient (Wildman–Crippen LogP) is 5.54. The third kappa shape index (κ3) is 11.3. The van der Waals surface area contributed by atoms with Crippen LogP contribution in [0.5, 0.6) is 0 Å². The number of nitrogens with one attached hydrogen (secondary N) is 1. The van der Waals surface area contributed by atoms with Crippen molar-refractivity contribution < 1.29 is 5.11 Å². The maximum Gasteiger partial charge on any atom is 0.0882 e. The molecule has 2 nitrogen and oxygen atoms in total. The third-order valence-corrected chi connectivity index (χ3v) is 2.26. The Morgan fingerprint density at radius 2 is 1.60 bits per heavy atom. The lowest BCUT2D eigenvalue weighted by atomic mass is 9.99. The summed E-state index contributed by atoms with van der Waals surface area (Å²) < 4.78 is 0. The first kappa shape index (κ1) is 20.5. The number of hydrogen-bond acceptors (Lipinski definition) is 2. The van der Waals surface area contributed by atoms with Crippen molar-refractivity contribution in [2.24, 2.45) is 5.92 Å². The van der Waals surface area contributed by atoms with E-state index in [1.165, 1.54) is 11.8 Å². The van der Waals surface area contributed by atoms with Gasteiger partial charge in [-0.3, -0.25) is 0 Å². The maximum atomic E-state index is 9.15. The molecule has 1 unspecified atom stereocenters. The van der Waals surface area contributed by atoms with E-state index in [4.69, 9.17) is 10.5 Å². The van der Waals surface area contributed by atoms with Crippen molar-refractivity contribution in [2.45, 2.75) is 41.0 Å². The van der Waals surface area contributed by atoms with Crippen LogP contribution in [0.15, 0.2) is 48.8 Å². The molecule has 0 aliphatic heterocycles. The van der Waals surface area contributed by atoms with Gasteiger partial charge in [-0.15, -0.1) is 6.58 Å². The molecular formula is C18H29NO. The van der Waals surface area contributed by atoms with Crippen molar-refractivity contribution in [3.05, 3.63) is 59.9 Å². The quantitative estimate of drug-likeness (QED) is 0.423. The van der Waals surface area contributed by atoms with Crippen molar-refractivity contribution >= 4 is 6.21 Å². The fraction of sp³-hybridized carbons (Fsp3) is 0.389. The summed E-state index contributed by atoms with van der Waals surface area (Å²) in [6, 6.07) is 7.74. The molecular weight excluding hydrogens is 246 g/mol. The lowest BCUT2D eigenvalue weighted by Crippen LogP contribution is -2.01. The minimum atomic E-state index is 0.0841. The fourth-order valence-corrected chi connectivity index (χ4v) is 1.22. The van der Waals surface area contributed by atoms with E-state index >= 15 is 0 Å². The highest BCUT2D eigenvalue weighted by Gasteiger charge is 2.05. The highest BCUT2D eigenvalue weighted by molar-refractivity contribution is 5.76. The van der Waals surface area contributed by atoms with Crippen LogP contribution in [0.25, 0.3) is 0 Å². The standard InChI is InChI=1S/C12H15NO.C4H8.C2H6/c1-9(10(2)14)7-11-3-5-12(8-13)6-4-11;1-4(2)3;1-2/h3-6,8-9,13-14H,2,7H2,1H3;1H2,2-3H3;1-2H3. The van der Waals surface area contributed by atoms with Crippen LogP contribution < -0.4 is 0 Å². The zero-order valence-corrected chi connectivity index (χ0v) is 13.5. The Kier molecular flexibility index (Phi) is 12.5. The number of allylic oxidation sites excluding steroid dienone is 2. The molecule has 0 fully saturated rings. The summed E-state index contributed by atoms with van der Waals surface area (Å²) in [4.78, 5) is 0. The van der Waals surface area contributed by atoms with E-state index in [1.54, 1.807) is 0 Å². The third-order valence-electron chi connectivity index (χ3n) is 2.26. The first-order chi connectivity index (χ1) is 9.36. The second kappa shape index (κ2) is 12.2. The van der Waals surface area contributed by atoms with E-state index < -0.39 is 0 Å². The van der Waals surface area contributed by atoms with Crippen LogP contribution in [0.1, 0.15) is 45.7 Å². The Morgan fingerprint density at radius 3 is 1.90 bits per heavy atom. The molecule has 0 bridgehead atoms. The molecule has 0 amide bonds. The van der Waals surface area contributed by atoms with E-state index in [9.17, 15) is 0 Å². The molecule has 0 aliphatic carbocycles. The van der Waals surface area contributed by atoms with Gasteiger partial charge in [-0.1, -0.05) is 57.2 Å². The molecule has 1 rings (SSSR count). The highest BCUT2D eigenvalue weighted by atomic mass is 16.3. The smallest absolute Gasteiger partial charge is 0.0882 e. The largest absolute Gasteiger partial charge is 0.513 e. The van der Waals surface area contributed by atoms with Crippen LogP contribution in [-0.4, -0.2) is 11.3 Å². The predicted molar refractivity (Wildman–Crippen MR) is 90.8 cm³/mol. The molecule has 0 aliphatic rings. The van der Waals surface area contributed by atoms with E-state index in [2.05, 4.69) is 13.2 Å². The van der Waals surface area contributed by atoms with Gasteiger partial charge in [0.2, 0.25) is 0 Å². The van der Waals surface area contributed by atoms with Crippen LogP contribution in [0.3, 0.4) is 0 Å². The summed E-state index contributed by atoms with van der Waals surface area (Å²) in [5, 5.41) is 16.2. The molecule has 0 spiro atoms. The Hall–Kier alpha value is -1.83. The molecule has 0 saturated carbocycles. The fourth-order valence-electron chi connectivity index (χ4n) is 1.22. The molecule has 2 N–H and O–H groups in total. The van der Waals surface area contributed by atoms with Gasteiger partial charge < -0.3 is 10.5 Å². The number of benzene rings is 1. The summed E-state index contributed by atoms with van der Waals surface area (Å²) in [6.45, 7) is 16.9. The Bertz CT molecular complexity index is 400. The van der Waals surface area contributed by atoms with E-state index in [0.29, 0.717) is 0 Å². The lowest BCUT2D eigenvalue weighted by Gasteiger charge is -2.09. The lowest BCUT2D eigenvalue weighted by molar-refractivity contribution is 0.342. The van der Waals surface area contributed by atoms with E-state index in [0.717, 1.165) is 17.5 Å². The molecule has 1 atom stereocenters. The highest BCUT2D eigenvalue weighted by Crippen LogP contribution is 2.13. The molecule has 20 heavy (non-hydrogen) atoms. The normalized spacial score (nSPS) is 10.1. The first-order valence-electron chi connectivity index (χ1n) is 6.96. The Labute approximate surface area is 124 Å². The van der Waals surface area contributed by atoms with Gasteiger partial charge in [-0.05, 0) is 31.4 Å². The maximum absolute atomic E-state index is 9.15. The van der Waals surface area contributed by atoms with Gasteiger partial charge >= 0.3 is 0 Å². The van der Waals surface area contributed by atoms with E-state index in [1.807, 2.05) is 58.9 Å². The number of rotatable bonds is 4. The van der Waals surface area contributed by atoms with Crippen LogP contribution >= 0.6 is 0 Å². The van der Waals surface area contributed by atoms with Crippen molar-refractivity contribution in [3.63, 3.8) is 0 Å². The Balaban J connectivity index is 0. The SMILES string of the molecule is C=C(C)C.C=C(O)C(C)Cc1ccc(C=N)cc1.CC. The van der Waals surface area contributed by atoms with Crippen molar-refractivity contribution in [1.82, 2.24) is 0 Å². The first-order valence-corrected chi connectivity index (χ1v) is 6.96. The molecule has 0 saturated heterocycles. The molecule has 0 aromatic heterocycles. The second-order valence-electron chi connectivity index (χ2n) is 4.69. The van der Waals surface area contributed by atoms with Crippen molar-refractivity contribution in [2.75, 3.05) is 0 Å². The minimum absolute atomic E-state index is 0.0841. The topological polar surface area (TPSA) is 44.1 Å². The second-order valence-corrected chi connectivity index (χ2v) is 4.69. The van der Waals surface area contributed by atoms with Gasteiger partial charge in [0.1, 0.15) is 0 Å². The van der Waals surface area contributed by atoms with Gasteiger partial charge in [-0.2, -0.15) is 0 Å². The van der Waals surface area contributed by atoms with Crippen LogP contribution in [-0.2, 0) is 6.42 Å². The summed E-state index contributed by atoms with van der Waals surface area (Å²) in [6.07, 6.45) is 2.10. The summed E-state index contributed by atoms with van der Waals surface area (Å²) >= 11 is 0. The average molecular weight is 275 g/mol. The average Bonchev–Trinajstić information content (AvgIpc) is 2.41. The number of aliphatic hydroxyl groups is 1. The molecule has 2 heteroatoms. The van der Waals surface area contributed by atoms with E-state index in [-0.39, 0.29) is 11.7 Å². The van der Waals surface area contributed by atoms with Crippen LogP contribution in [0, 0.1) is 11.3 Å². The summed E-state index contributed by atoms with van der Waals surface area (Å²) in [7, 11) is 0. The zero-order valence-electron chi connectivity index (χ0n) is 13.5. The van der Waals surface area contributed by atoms with Crippen molar-refractivity contribution in [1.29, 1.82) is 5.41 Å². The minimum Gasteiger partial charge on any atom is -0.513 e. The number of aliphatic hydroxyl groups excluding tert-OH is 1. The van der Waals surface area contributed by atoms with Gasteiger partial charge in [0.25, 0.3) is 0 Å². The summed E-state index contributed by atoms with van der Waals surface area (Å²) in [5.74, 6) is 0.307. The summed E-state index contributed by atoms with van der Waals surface area (Å²) in [5.41, 5.74) is 3.21. The molecule has 112 valence electrons. The van der Waals surface area contributed by atoms with Crippen LogP contribution in [0.2, 0.25) is 0 Å². The van der Waals surface area contributed by atoms with Gasteiger partial charge in [0.15, 0.2) is 0 Å². The molecule has 1 aromatic carbocycles. The van der Waals surface area contributed by atoms with Gasteiger partial charge in [-0.25, -0.2) is 0 Å². The zero-order chi connectivity index (χ0) is 16.1. The number of hydrogen-bond donors (Lipinski definition) is 2.